The van der Waals surface area contributed by atoms with E-state index in [-0.39, 0.29) is 11.2 Å². The SMILES string of the molecule is CC(C)CC1(c2nc3c(F)cccc3[nH]2)CCCC1. The number of nitrogens with one attached hydrogen (secondary N) is 1. The minimum absolute atomic E-state index is 0.139. The van der Waals surface area contributed by atoms with Crippen LogP contribution in [0.2, 0.25) is 0 Å². The Balaban J connectivity index is 2.08. The Bertz CT molecular complexity index is 579. The molecule has 1 heterocycles. The van der Waals surface area contributed by atoms with E-state index in [1.807, 2.05) is 6.07 Å². The molecule has 1 N–H and O–H groups in total. The fraction of sp³-hybridized carbons (Fsp3) is 0.562. The van der Waals surface area contributed by atoms with Crippen molar-refractivity contribution in [1.29, 1.82) is 0 Å². The monoisotopic (exact) mass is 260 g/mol. The van der Waals surface area contributed by atoms with Crippen LogP contribution in [0.5, 0.6) is 0 Å². The number of fused-ring (bicyclic) bond motifs is 1. The number of hydrogen-bond acceptors (Lipinski definition) is 1. The molecule has 1 aromatic carbocycles. The predicted molar refractivity (Wildman–Crippen MR) is 75.7 cm³/mol. The second kappa shape index (κ2) is 4.62. The average Bonchev–Trinajstić information content (AvgIpc) is 2.95. The molecule has 1 aromatic heterocycles. The highest BCUT2D eigenvalue weighted by atomic mass is 19.1. The Kier molecular flexibility index (Phi) is 3.08. The molecule has 0 aliphatic heterocycles. The molecule has 1 saturated carbocycles. The number of halogens is 1. The summed E-state index contributed by atoms with van der Waals surface area (Å²) >= 11 is 0. The van der Waals surface area contributed by atoms with Gasteiger partial charge in [0.05, 0.1) is 5.52 Å². The molecule has 0 unspecified atom stereocenters. The van der Waals surface area contributed by atoms with Crippen molar-refractivity contribution in [2.75, 3.05) is 0 Å². The summed E-state index contributed by atoms with van der Waals surface area (Å²) in [6.07, 6.45) is 5.99. The molecule has 0 bridgehead atoms. The third-order valence-corrected chi connectivity index (χ3v) is 4.33. The number of benzene rings is 1. The number of nitrogens with zero attached hydrogens (tertiary/aromatic N) is 1. The number of hydrogen-bond donors (Lipinski definition) is 1. The Morgan fingerprint density at radius 2 is 2.05 bits per heavy atom. The van der Waals surface area contributed by atoms with Gasteiger partial charge in [0, 0.05) is 5.41 Å². The third-order valence-electron chi connectivity index (χ3n) is 4.33. The van der Waals surface area contributed by atoms with Crippen LogP contribution in [0.1, 0.15) is 51.8 Å². The van der Waals surface area contributed by atoms with Gasteiger partial charge in [-0.2, -0.15) is 0 Å². The fourth-order valence-electron chi connectivity index (χ4n) is 3.62. The van der Waals surface area contributed by atoms with Gasteiger partial charge in [0.1, 0.15) is 11.3 Å². The molecule has 0 spiro atoms. The molecule has 1 aliphatic rings. The summed E-state index contributed by atoms with van der Waals surface area (Å²) in [7, 11) is 0. The Hall–Kier alpha value is -1.38. The Morgan fingerprint density at radius 3 is 2.68 bits per heavy atom. The summed E-state index contributed by atoms with van der Waals surface area (Å²) in [4.78, 5) is 7.96. The number of imidazole rings is 1. The van der Waals surface area contributed by atoms with Crippen molar-refractivity contribution >= 4 is 11.0 Å². The lowest BCUT2D eigenvalue weighted by atomic mass is 9.78. The van der Waals surface area contributed by atoms with E-state index in [2.05, 4.69) is 23.8 Å². The minimum atomic E-state index is -0.224. The van der Waals surface area contributed by atoms with E-state index in [4.69, 9.17) is 0 Å². The molecular formula is C16H21FN2. The zero-order valence-electron chi connectivity index (χ0n) is 11.7. The molecule has 3 heteroatoms. The third kappa shape index (κ3) is 2.15. The van der Waals surface area contributed by atoms with Crippen LogP contribution in [-0.4, -0.2) is 9.97 Å². The van der Waals surface area contributed by atoms with Crippen molar-refractivity contribution in [3.05, 3.63) is 29.8 Å². The Morgan fingerprint density at radius 1 is 1.32 bits per heavy atom. The number of aromatic nitrogens is 2. The minimum Gasteiger partial charge on any atom is -0.341 e. The molecule has 1 aliphatic carbocycles. The van der Waals surface area contributed by atoms with Crippen LogP contribution in [-0.2, 0) is 5.41 Å². The van der Waals surface area contributed by atoms with Crippen molar-refractivity contribution in [2.45, 2.75) is 51.4 Å². The van der Waals surface area contributed by atoms with Gasteiger partial charge in [0.15, 0.2) is 5.82 Å². The lowest BCUT2D eigenvalue weighted by Gasteiger charge is -2.28. The van der Waals surface area contributed by atoms with E-state index in [1.54, 1.807) is 6.07 Å². The maximum atomic E-state index is 13.8. The van der Waals surface area contributed by atoms with Crippen molar-refractivity contribution in [2.24, 2.45) is 5.92 Å². The van der Waals surface area contributed by atoms with Gasteiger partial charge < -0.3 is 4.98 Å². The second-order valence-electron chi connectivity index (χ2n) is 6.31. The molecule has 3 rings (SSSR count). The standard InChI is InChI=1S/C16H21FN2/c1-11(2)10-16(8-3-4-9-16)15-18-13-7-5-6-12(17)14(13)19-15/h5-7,11H,3-4,8-10H2,1-2H3,(H,18,19). The van der Waals surface area contributed by atoms with Crippen LogP contribution >= 0.6 is 0 Å². The molecule has 0 radical (unpaired) electrons. The first-order valence-electron chi connectivity index (χ1n) is 7.25. The molecule has 102 valence electrons. The maximum Gasteiger partial charge on any atom is 0.151 e. The molecule has 0 saturated heterocycles. The molecule has 0 amide bonds. The summed E-state index contributed by atoms with van der Waals surface area (Å²) in [5, 5.41) is 0. The van der Waals surface area contributed by atoms with Crippen LogP contribution in [0.15, 0.2) is 18.2 Å². The molecule has 1 fully saturated rings. The second-order valence-corrected chi connectivity index (χ2v) is 6.31. The lowest BCUT2D eigenvalue weighted by molar-refractivity contribution is 0.331. The summed E-state index contributed by atoms with van der Waals surface area (Å²) in [5.74, 6) is 1.41. The van der Waals surface area contributed by atoms with Crippen molar-refractivity contribution in [1.82, 2.24) is 9.97 Å². The van der Waals surface area contributed by atoms with E-state index in [9.17, 15) is 4.39 Å². The quantitative estimate of drug-likeness (QED) is 0.861. The zero-order valence-corrected chi connectivity index (χ0v) is 11.7. The number of rotatable bonds is 3. The average molecular weight is 260 g/mol. The van der Waals surface area contributed by atoms with Gasteiger partial charge in [-0.05, 0) is 37.3 Å². The molecule has 2 nitrogen and oxygen atoms in total. The summed E-state index contributed by atoms with van der Waals surface area (Å²) in [6, 6.07) is 5.13. The van der Waals surface area contributed by atoms with E-state index in [0.29, 0.717) is 11.4 Å². The first-order chi connectivity index (χ1) is 9.11. The zero-order chi connectivity index (χ0) is 13.5. The summed E-state index contributed by atoms with van der Waals surface area (Å²) < 4.78 is 13.8. The molecule has 0 atom stereocenters. The van der Waals surface area contributed by atoms with E-state index >= 15 is 0 Å². The van der Waals surface area contributed by atoms with Crippen LogP contribution in [0.3, 0.4) is 0 Å². The number of aromatic amines is 1. The molecule has 19 heavy (non-hydrogen) atoms. The highest BCUT2D eigenvalue weighted by molar-refractivity contribution is 5.75. The van der Waals surface area contributed by atoms with Crippen LogP contribution in [0.4, 0.5) is 4.39 Å². The predicted octanol–water partition coefficient (Wildman–Crippen LogP) is 4.56. The van der Waals surface area contributed by atoms with Crippen molar-refractivity contribution < 1.29 is 4.39 Å². The van der Waals surface area contributed by atoms with Gasteiger partial charge in [0.25, 0.3) is 0 Å². The Labute approximate surface area is 113 Å². The first kappa shape index (κ1) is 12.6. The van der Waals surface area contributed by atoms with Crippen LogP contribution in [0.25, 0.3) is 11.0 Å². The highest BCUT2D eigenvalue weighted by Gasteiger charge is 2.38. The maximum absolute atomic E-state index is 13.8. The van der Waals surface area contributed by atoms with Gasteiger partial charge in [-0.1, -0.05) is 32.8 Å². The van der Waals surface area contributed by atoms with Crippen molar-refractivity contribution in [3.8, 4) is 0 Å². The topological polar surface area (TPSA) is 28.7 Å². The summed E-state index contributed by atoms with van der Waals surface area (Å²) in [6.45, 7) is 4.51. The lowest BCUT2D eigenvalue weighted by Crippen LogP contribution is -2.25. The summed E-state index contributed by atoms with van der Waals surface area (Å²) in [5.41, 5.74) is 1.46. The van der Waals surface area contributed by atoms with Gasteiger partial charge >= 0.3 is 0 Å². The van der Waals surface area contributed by atoms with Crippen LogP contribution in [0, 0.1) is 11.7 Å². The first-order valence-corrected chi connectivity index (χ1v) is 7.25. The molecular weight excluding hydrogens is 239 g/mol. The smallest absolute Gasteiger partial charge is 0.151 e. The highest BCUT2D eigenvalue weighted by Crippen LogP contribution is 2.44. The number of H-pyrrole nitrogens is 1. The van der Waals surface area contributed by atoms with Crippen LogP contribution < -0.4 is 0 Å². The van der Waals surface area contributed by atoms with E-state index in [1.165, 1.54) is 31.7 Å². The van der Waals surface area contributed by atoms with Crippen molar-refractivity contribution in [3.63, 3.8) is 0 Å². The normalized spacial score (nSPS) is 18.5. The van der Waals surface area contributed by atoms with E-state index in [0.717, 1.165) is 17.8 Å². The van der Waals surface area contributed by atoms with Gasteiger partial charge in [-0.3, -0.25) is 0 Å². The largest absolute Gasteiger partial charge is 0.341 e. The fourth-order valence-corrected chi connectivity index (χ4v) is 3.62. The number of para-hydroxylation sites is 1. The van der Waals surface area contributed by atoms with Gasteiger partial charge in [0.2, 0.25) is 0 Å². The van der Waals surface area contributed by atoms with Gasteiger partial charge in [-0.15, -0.1) is 0 Å². The van der Waals surface area contributed by atoms with Gasteiger partial charge in [-0.25, -0.2) is 9.37 Å². The molecule has 2 aromatic rings. The van der Waals surface area contributed by atoms with E-state index < -0.39 is 0 Å².